The van der Waals surface area contributed by atoms with E-state index >= 15 is 0 Å². The van der Waals surface area contributed by atoms with Crippen molar-refractivity contribution in [2.75, 3.05) is 6.54 Å². The fourth-order valence-corrected chi connectivity index (χ4v) is 1.59. The Labute approximate surface area is 83.7 Å². The van der Waals surface area contributed by atoms with Crippen LogP contribution < -0.4 is 5.32 Å². The second-order valence-electron chi connectivity index (χ2n) is 3.57. The zero-order valence-corrected chi connectivity index (χ0v) is 8.32. The first-order valence-corrected chi connectivity index (χ1v) is 4.87. The van der Waals surface area contributed by atoms with Crippen LogP contribution in [0, 0.1) is 19.3 Å². The molecule has 0 aromatic carbocycles. The Morgan fingerprint density at radius 1 is 1.57 bits per heavy atom. The summed E-state index contributed by atoms with van der Waals surface area (Å²) in [6, 6.07) is 0.632. The van der Waals surface area contributed by atoms with Crippen LogP contribution in [0.2, 0.25) is 0 Å². The zero-order chi connectivity index (χ0) is 9.97. The van der Waals surface area contributed by atoms with Gasteiger partial charge in [0.05, 0.1) is 13.1 Å². The number of hydrogen-bond donors (Lipinski definition) is 1. The van der Waals surface area contributed by atoms with Crippen LogP contribution in [0.4, 0.5) is 0 Å². The molecule has 0 bridgehead atoms. The lowest BCUT2D eigenvalue weighted by molar-refractivity contribution is 0.622. The molecular formula is C10H14N4. The fraction of sp³-hybridized carbons (Fsp3) is 0.600. The maximum absolute atomic E-state index is 5.15. The van der Waals surface area contributed by atoms with Crippen molar-refractivity contribution in [2.24, 2.45) is 0 Å². The largest absolute Gasteiger partial charge is 0.311 e. The van der Waals surface area contributed by atoms with Gasteiger partial charge >= 0.3 is 0 Å². The lowest BCUT2D eigenvalue weighted by Gasteiger charge is -2.06. The maximum atomic E-state index is 5.15. The van der Waals surface area contributed by atoms with Crippen LogP contribution in [0.3, 0.4) is 0 Å². The lowest BCUT2D eigenvalue weighted by atomic mass is 10.5. The molecule has 1 aliphatic rings. The van der Waals surface area contributed by atoms with E-state index in [9.17, 15) is 0 Å². The average Bonchev–Trinajstić information content (AvgIpc) is 2.93. The number of nitrogens with one attached hydrogen (secondary N) is 1. The topological polar surface area (TPSA) is 42.7 Å². The minimum Gasteiger partial charge on any atom is -0.311 e. The molecule has 2 rings (SSSR count). The van der Waals surface area contributed by atoms with Crippen molar-refractivity contribution in [1.82, 2.24) is 20.1 Å². The van der Waals surface area contributed by atoms with E-state index in [1.165, 1.54) is 12.8 Å². The second-order valence-corrected chi connectivity index (χ2v) is 3.57. The van der Waals surface area contributed by atoms with Gasteiger partial charge < -0.3 is 4.57 Å². The van der Waals surface area contributed by atoms with Crippen LogP contribution in [0.15, 0.2) is 0 Å². The smallest absolute Gasteiger partial charge is 0.147 e. The molecule has 0 unspecified atom stereocenters. The van der Waals surface area contributed by atoms with Gasteiger partial charge in [0.2, 0.25) is 0 Å². The van der Waals surface area contributed by atoms with Crippen molar-refractivity contribution < 1.29 is 0 Å². The van der Waals surface area contributed by atoms with Crippen LogP contribution in [-0.4, -0.2) is 21.3 Å². The van der Waals surface area contributed by atoms with E-state index in [0.29, 0.717) is 19.1 Å². The molecule has 1 aromatic rings. The fourth-order valence-electron chi connectivity index (χ4n) is 1.59. The van der Waals surface area contributed by atoms with Crippen LogP contribution in [0.25, 0.3) is 0 Å². The molecule has 74 valence electrons. The molecule has 1 heterocycles. The van der Waals surface area contributed by atoms with Crippen LogP contribution >= 0.6 is 0 Å². The summed E-state index contributed by atoms with van der Waals surface area (Å²) in [5, 5.41) is 11.3. The maximum Gasteiger partial charge on any atom is 0.147 e. The number of aromatic nitrogens is 3. The van der Waals surface area contributed by atoms with E-state index in [0.717, 1.165) is 11.6 Å². The number of aryl methyl sites for hydroxylation is 1. The van der Waals surface area contributed by atoms with Gasteiger partial charge in [-0.2, -0.15) is 0 Å². The van der Waals surface area contributed by atoms with Crippen molar-refractivity contribution in [3.8, 4) is 12.3 Å². The molecular weight excluding hydrogens is 176 g/mol. The summed E-state index contributed by atoms with van der Waals surface area (Å²) in [4.78, 5) is 0. The third kappa shape index (κ3) is 1.78. The number of terminal acetylenes is 1. The minimum atomic E-state index is 0.580. The highest BCUT2D eigenvalue weighted by Gasteiger charge is 2.27. The molecule has 0 atom stereocenters. The van der Waals surface area contributed by atoms with Gasteiger partial charge in [-0.3, -0.25) is 5.32 Å². The molecule has 0 saturated heterocycles. The third-order valence-corrected chi connectivity index (χ3v) is 2.36. The molecule has 1 aliphatic carbocycles. The van der Waals surface area contributed by atoms with Crippen molar-refractivity contribution in [2.45, 2.75) is 32.4 Å². The molecule has 1 saturated carbocycles. The normalized spacial score (nSPS) is 15.4. The van der Waals surface area contributed by atoms with Crippen LogP contribution in [0.5, 0.6) is 0 Å². The van der Waals surface area contributed by atoms with E-state index < -0.39 is 0 Å². The summed E-state index contributed by atoms with van der Waals surface area (Å²) < 4.78 is 2.21. The molecule has 0 spiro atoms. The second kappa shape index (κ2) is 3.81. The first-order chi connectivity index (χ1) is 6.83. The monoisotopic (exact) mass is 190 g/mol. The standard InChI is InChI=1S/C10H14N4/c1-3-6-11-7-10-13-12-8(2)14(10)9-4-5-9/h1,9,11H,4-7H2,2H3. The summed E-state index contributed by atoms with van der Waals surface area (Å²) in [5.41, 5.74) is 0. The molecule has 0 amide bonds. The van der Waals surface area contributed by atoms with Gasteiger partial charge in [-0.1, -0.05) is 5.92 Å². The third-order valence-electron chi connectivity index (χ3n) is 2.36. The number of rotatable bonds is 4. The van der Waals surface area contributed by atoms with Gasteiger partial charge in [-0.15, -0.1) is 16.6 Å². The highest BCUT2D eigenvalue weighted by Crippen LogP contribution is 2.36. The van der Waals surface area contributed by atoms with E-state index in [1.54, 1.807) is 0 Å². The van der Waals surface area contributed by atoms with Gasteiger partial charge in [-0.05, 0) is 19.8 Å². The van der Waals surface area contributed by atoms with Gasteiger partial charge in [0.1, 0.15) is 11.6 Å². The number of hydrogen-bond acceptors (Lipinski definition) is 3. The van der Waals surface area contributed by atoms with Crippen molar-refractivity contribution in [3.05, 3.63) is 11.6 Å². The average molecular weight is 190 g/mol. The Morgan fingerprint density at radius 2 is 2.36 bits per heavy atom. The summed E-state index contributed by atoms with van der Waals surface area (Å²) in [7, 11) is 0. The SMILES string of the molecule is C#CCNCc1nnc(C)n1C1CC1. The number of nitrogens with zero attached hydrogens (tertiary/aromatic N) is 3. The minimum absolute atomic E-state index is 0.580. The van der Waals surface area contributed by atoms with E-state index in [-0.39, 0.29) is 0 Å². The van der Waals surface area contributed by atoms with Gasteiger partial charge in [0.15, 0.2) is 0 Å². The summed E-state index contributed by atoms with van der Waals surface area (Å²) >= 11 is 0. The summed E-state index contributed by atoms with van der Waals surface area (Å²) in [5.74, 6) is 4.55. The van der Waals surface area contributed by atoms with Crippen molar-refractivity contribution >= 4 is 0 Å². The van der Waals surface area contributed by atoms with E-state index in [2.05, 4.69) is 26.0 Å². The molecule has 0 radical (unpaired) electrons. The predicted molar refractivity (Wildman–Crippen MR) is 53.6 cm³/mol. The highest BCUT2D eigenvalue weighted by molar-refractivity contribution is 5.01. The summed E-state index contributed by atoms with van der Waals surface area (Å²) in [6.45, 7) is 3.29. The van der Waals surface area contributed by atoms with Crippen molar-refractivity contribution in [3.63, 3.8) is 0 Å². The lowest BCUT2D eigenvalue weighted by Crippen LogP contribution is -2.17. The molecule has 4 nitrogen and oxygen atoms in total. The highest BCUT2D eigenvalue weighted by atomic mass is 15.3. The quantitative estimate of drug-likeness (QED) is 0.560. The Kier molecular flexibility index (Phi) is 2.51. The predicted octanol–water partition coefficient (Wildman–Crippen LogP) is 0.644. The van der Waals surface area contributed by atoms with Crippen LogP contribution in [0.1, 0.15) is 30.5 Å². The Bertz CT molecular complexity index is 357. The van der Waals surface area contributed by atoms with Crippen molar-refractivity contribution in [1.29, 1.82) is 0 Å². The van der Waals surface area contributed by atoms with E-state index in [4.69, 9.17) is 6.42 Å². The summed E-state index contributed by atoms with van der Waals surface area (Å²) in [6.07, 6.45) is 7.65. The molecule has 1 aromatic heterocycles. The molecule has 0 aliphatic heterocycles. The zero-order valence-electron chi connectivity index (χ0n) is 8.32. The van der Waals surface area contributed by atoms with E-state index in [1.807, 2.05) is 6.92 Å². The first-order valence-electron chi connectivity index (χ1n) is 4.87. The van der Waals surface area contributed by atoms with Crippen LogP contribution in [-0.2, 0) is 6.54 Å². The molecule has 1 N–H and O–H groups in total. The Balaban J connectivity index is 2.05. The Morgan fingerprint density at radius 3 is 3.00 bits per heavy atom. The molecule has 14 heavy (non-hydrogen) atoms. The van der Waals surface area contributed by atoms with Gasteiger partial charge in [0, 0.05) is 6.04 Å². The van der Waals surface area contributed by atoms with Gasteiger partial charge in [-0.25, -0.2) is 0 Å². The Hall–Kier alpha value is -1.34. The van der Waals surface area contributed by atoms with Gasteiger partial charge in [0.25, 0.3) is 0 Å². The molecule has 1 fully saturated rings. The molecule has 4 heteroatoms. The first kappa shape index (κ1) is 9.22.